The van der Waals surface area contributed by atoms with Crippen molar-refractivity contribution in [1.29, 1.82) is 0 Å². The van der Waals surface area contributed by atoms with E-state index in [1.54, 1.807) is 30.3 Å². The van der Waals surface area contributed by atoms with Crippen LogP contribution in [0.25, 0.3) is 11.1 Å². The summed E-state index contributed by atoms with van der Waals surface area (Å²) in [6, 6.07) is 27.9. The normalized spacial score (nSPS) is 19.9. The van der Waals surface area contributed by atoms with Crippen LogP contribution < -0.4 is 26.6 Å². The van der Waals surface area contributed by atoms with Crippen LogP contribution in [-0.2, 0) is 54.5 Å². The number of aliphatic carboxylic acids is 1. The predicted octanol–water partition coefficient (Wildman–Crippen LogP) is 3.84. The molecular weight excluding hydrogens is 745 g/mol. The monoisotopic (exact) mass is 786 g/mol. The number of pyridine rings is 1. The zero-order valence-electron chi connectivity index (χ0n) is 30.9. The van der Waals surface area contributed by atoms with Crippen molar-refractivity contribution in [1.82, 2.24) is 26.3 Å². The number of aromatic nitrogens is 1. The first-order valence-corrected chi connectivity index (χ1v) is 19.4. The van der Waals surface area contributed by atoms with Gasteiger partial charge in [0.15, 0.2) is 0 Å². The van der Waals surface area contributed by atoms with Crippen LogP contribution in [0.3, 0.4) is 0 Å². The lowest BCUT2D eigenvalue weighted by molar-refractivity contribution is -0.142. The van der Waals surface area contributed by atoms with E-state index in [2.05, 4.69) is 31.6 Å². The maximum Gasteiger partial charge on any atom is 0.326 e. The van der Waals surface area contributed by atoms with E-state index in [-0.39, 0.29) is 38.5 Å². The maximum atomic E-state index is 14.4. The largest absolute Gasteiger partial charge is 0.480 e. The summed E-state index contributed by atoms with van der Waals surface area (Å²) in [6.45, 7) is 0. The highest BCUT2D eigenvalue weighted by molar-refractivity contribution is 7.09. The van der Waals surface area contributed by atoms with E-state index in [1.165, 1.54) is 23.6 Å². The molecule has 13 nitrogen and oxygen atoms in total. The van der Waals surface area contributed by atoms with Gasteiger partial charge < -0.3 is 31.7 Å². The molecule has 4 heterocycles. The number of hydrogen-bond donors (Lipinski definition) is 6. The number of thiophene rings is 1. The van der Waals surface area contributed by atoms with Gasteiger partial charge >= 0.3 is 5.97 Å². The summed E-state index contributed by atoms with van der Waals surface area (Å²) in [7, 11) is 0. The van der Waals surface area contributed by atoms with Gasteiger partial charge in [-0.05, 0) is 45.8 Å². The van der Waals surface area contributed by atoms with E-state index in [4.69, 9.17) is 0 Å². The number of rotatable bonds is 8. The molecule has 0 fully saturated rings. The molecule has 7 rings (SSSR count). The Morgan fingerprint density at radius 2 is 1.19 bits per heavy atom. The third-order valence-electron chi connectivity index (χ3n) is 9.40. The van der Waals surface area contributed by atoms with Gasteiger partial charge in [0.25, 0.3) is 0 Å². The summed E-state index contributed by atoms with van der Waals surface area (Å²) >= 11 is 1.40. The van der Waals surface area contributed by atoms with Crippen molar-refractivity contribution >= 4 is 52.5 Å². The first-order chi connectivity index (χ1) is 27.6. The third kappa shape index (κ3) is 11.7. The number of amides is 5. The summed E-state index contributed by atoms with van der Waals surface area (Å²) in [5.74, 6) is -4.43. The Morgan fingerprint density at radius 1 is 0.614 bits per heavy atom. The Kier molecular flexibility index (Phi) is 13.5. The number of carbonyl (C=O) groups is 6. The number of benzene rings is 3. The molecule has 6 N–H and O–H groups in total. The minimum absolute atomic E-state index is 0.0148. The SMILES string of the molecule is O=C1CCC(=O)N[C@H](Cc2cccs2)C(=O)N[C@@H](Cc2ccc(-c3ccccc3)cc2)C(=O)N[C@H](Cc2ccccc2)C(=O)N[C@H](C(=O)O)Cc2ccc(cn2)N1. The topological polar surface area (TPSA) is 196 Å². The molecule has 2 bridgehead atoms. The summed E-state index contributed by atoms with van der Waals surface area (Å²) in [5, 5.41) is 25.6. The second kappa shape index (κ2) is 19.3. The fraction of sp³-hybridized carbons (Fsp3) is 0.233. The molecule has 0 unspecified atom stereocenters. The van der Waals surface area contributed by atoms with Gasteiger partial charge in [0, 0.05) is 49.1 Å². The van der Waals surface area contributed by atoms with Crippen LogP contribution >= 0.6 is 11.3 Å². The lowest BCUT2D eigenvalue weighted by atomic mass is 9.99. The molecule has 14 heteroatoms. The van der Waals surface area contributed by atoms with Crippen LogP contribution in [-0.4, -0.2) is 69.8 Å². The highest BCUT2D eigenvalue weighted by Gasteiger charge is 2.32. The molecule has 2 aliphatic rings. The van der Waals surface area contributed by atoms with Gasteiger partial charge in [0.1, 0.15) is 24.2 Å². The van der Waals surface area contributed by atoms with Crippen LogP contribution in [0.5, 0.6) is 0 Å². The standard InChI is InChI=1S/C43H42N6O7S/c50-38-19-20-39(51)46-36(25-33-12-7-21-57-33)42(54)48-35(23-28-13-15-30(16-14-28)29-10-5-2-6-11-29)40(52)47-34(22-27-8-3-1-4-9-27)41(53)49-37(43(55)56)24-31-17-18-32(45-38)26-44-31/h1-18,21,26,34-37H,19-20,22-25H2,(H,45,50)(H,46,51)(H,47,52)(H,48,54)(H,49,53)(H,55,56)/t34-,35+,36-,37+/m1/s1. The highest BCUT2D eigenvalue weighted by atomic mass is 32.1. The van der Waals surface area contributed by atoms with Crippen LogP contribution in [0.15, 0.2) is 121 Å². The maximum absolute atomic E-state index is 14.4. The number of nitrogens with zero attached hydrogens (tertiary/aromatic N) is 1. The number of fused-ring (bicyclic) bond motifs is 18. The molecule has 5 amide bonds. The zero-order valence-corrected chi connectivity index (χ0v) is 31.7. The number of carbonyl (C=O) groups excluding carboxylic acids is 5. The molecule has 0 radical (unpaired) electrons. The number of hydrogen-bond acceptors (Lipinski definition) is 8. The van der Waals surface area contributed by atoms with Crippen molar-refractivity contribution in [2.24, 2.45) is 0 Å². The van der Waals surface area contributed by atoms with Crippen molar-refractivity contribution in [2.75, 3.05) is 5.32 Å². The van der Waals surface area contributed by atoms with E-state index in [9.17, 15) is 33.9 Å². The Labute approximate surface area is 333 Å². The molecular formula is C43H42N6O7S. The second-order valence-electron chi connectivity index (χ2n) is 13.7. The first kappa shape index (κ1) is 40.0. The Bertz CT molecular complexity index is 2170. The Hall–Kier alpha value is -6.67. The minimum atomic E-state index is -1.41. The van der Waals surface area contributed by atoms with E-state index >= 15 is 0 Å². The van der Waals surface area contributed by atoms with Crippen molar-refractivity contribution in [2.45, 2.75) is 62.7 Å². The van der Waals surface area contributed by atoms with Crippen LogP contribution in [0.2, 0.25) is 0 Å². The molecule has 2 aliphatic heterocycles. The van der Waals surface area contributed by atoms with Gasteiger partial charge in [0.05, 0.1) is 11.9 Å². The lowest BCUT2D eigenvalue weighted by Gasteiger charge is -2.26. The first-order valence-electron chi connectivity index (χ1n) is 18.5. The third-order valence-corrected chi connectivity index (χ3v) is 10.3. The molecule has 3 aromatic carbocycles. The quantitative estimate of drug-likeness (QED) is 0.128. The zero-order chi connectivity index (χ0) is 40.1. The molecule has 2 aromatic heterocycles. The summed E-state index contributed by atoms with van der Waals surface area (Å²) in [4.78, 5) is 86.0. The van der Waals surface area contributed by atoms with E-state index in [1.807, 2.05) is 78.2 Å². The molecule has 292 valence electrons. The van der Waals surface area contributed by atoms with Gasteiger partial charge in [-0.3, -0.25) is 29.0 Å². The smallest absolute Gasteiger partial charge is 0.326 e. The van der Waals surface area contributed by atoms with Crippen molar-refractivity contribution in [3.05, 3.63) is 142 Å². The van der Waals surface area contributed by atoms with Gasteiger partial charge in [-0.15, -0.1) is 11.3 Å². The molecule has 0 spiro atoms. The van der Waals surface area contributed by atoms with Crippen molar-refractivity contribution in [3.63, 3.8) is 0 Å². The van der Waals surface area contributed by atoms with Gasteiger partial charge in [0.2, 0.25) is 29.5 Å². The summed E-state index contributed by atoms with van der Waals surface area (Å²) < 4.78 is 0. The average Bonchev–Trinajstić information content (AvgIpc) is 3.73. The molecule has 57 heavy (non-hydrogen) atoms. The predicted molar refractivity (Wildman–Crippen MR) is 215 cm³/mol. The second-order valence-corrected chi connectivity index (χ2v) is 14.7. The highest BCUT2D eigenvalue weighted by Crippen LogP contribution is 2.20. The van der Waals surface area contributed by atoms with E-state index in [0.717, 1.165) is 16.0 Å². The summed E-state index contributed by atoms with van der Waals surface area (Å²) in [6.07, 6.45) is 0.900. The number of carboxylic acid groups (broad SMARTS) is 1. The average molecular weight is 787 g/mol. The number of anilines is 1. The molecule has 4 atom stereocenters. The summed E-state index contributed by atoms with van der Waals surface area (Å²) in [5.41, 5.74) is 4.01. The fourth-order valence-corrected chi connectivity index (χ4v) is 7.12. The van der Waals surface area contributed by atoms with E-state index in [0.29, 0.717) is 22.5 Å². The van der Waals surface area contributed by atoms with Gasteiger partial charge in [-0.1, -0.05) is 91.0 Å². The molecule has 0 aliphatic carbocycles. The lowest BCUT2D eigenvalue weighted by Crippen LogP contribution is -2.59. The Balaban J connectivity index is 1.34. The van der Waals surface area contributed by atoms with Gasteiger partial charge in [-0.25, -0.2) is 4.79 Å². The van der Waals surface area contributed by atoms with Crippen molar-refractivity contribution in [3.8, 4) is 11.1 Å². The fourth-order valence-electron chi connectivity index (χ4n) is 6.37. The van der Waals surface area contributed by atoms with E-state index < -0.39 is 59.7 Å². The molecule has 0 saturated heterocycles. The van der Waals surface area contributed by atoms with Gasteiger partial charge in [-0.2, -0.15) is 0 Å². The number of carboxylic acids is 1. The van der Waals surface area contributed by atoms with Crippen molar-refractivity contribution < 1.29 is 33.9 Å². The van der Waals surface area contributed by atoms with Crippen LogP contribution in [0.1, 0.15) is 34.5 Å². The minimum Gasteiger partial charge on any atom is -0.480 e. The van der Waals surface area contributed by atoms with Crippen LogP contribution in [0.4, 0.5) is 5.69 Å². The Morgan fingerprint density at radius 3 is 1.79 bits per heavy atom. The number of nitrogens with one attached hydrogen (secondary N) is 5. The van der Waals surface area contributed by atoms with Crippen LogP contribution in [0, 0.1) is 0 Å². The molecule has 0 saturated carbocycles. The molecule has 5 aromatic rings.